The van der Waals surface area contributed by atoms with Crippen LogP contribution in [0.15, 0.2) is 65.9 Å². The zero-order valence-corrected chi connectivity index (χ0v) is 21.8. The predicted octanol–water partition coefficient (Wildman–Crippen LogP) is 5.61. The highest BCUT2D eigenvalue weighted by atomic mass is 16.5. The van der Waals surface area contributed by atoms with Gasteiger partial charge in [-0.25, -0.2) is 4.98 Å². The summed E-state index contributed by atoms with van der Waals surface area (Å²) >= 11 is 0. The summed E-state index contributed by atoms with van der Waals surface area (Å²) in [6.45, 7) is 5.91. The third-order valence-corrected chi connectivity index (χ3v) is 6.71. The lowest BCUT2D eigenvalue weighted by molar-refractivity contribution is -0.113. The molecule has 8 nitrogen and oxygen atoms in total. The fourth-order valence-electron chi connectivity index (χ4n) is 4.98. The first-order valence-electron chi connectivity index (χ1n) is 12.0. The Balaban J connectivity index is 1.72. The minimum atomic E-state index is -0.511. The number of ether oxygens (including phenoxy) is 3. The van der Waals surface area contributed by atoms with Crippen molar-refractivity contribution >= 4 is 28.6 Å². The Hall–Kier alpha value is -4.46. The second kappa shape index (κ2) is 9.54. The Morgan fingerprint density at radius 3 is 2.30 bits per heavy atom. The Morgan fingerprint density at radius 1 is 0.946 bits per heavy atom. The molecule has 1 aliphatic heterocycles. The number of carbonyl (C=O) groups excluding carboxylic acids is 1. The average molecular weight is 499 g/mol. The number of hydrogen-bond donors (Lipinski definition) is 2. The van der Waals surface area contributed by atoms with Crippen LogP contribution >= 0.6 is 0 Å². The summed E-state index contributed by atoms with van der Waals surface area (Å²) in [5.74, 6) is 1.95. The van der Waals surface area contributed by atoms with E-state index >= 15 is 0 Å². The molecule has 37 heavy (non-hydrogen) atoms. The largest absolute Gasteiger partial charge is 0.493 e. The van der Waals surface area contributed by atoms with Crippen LogP contribution in [0.2, 0.25) is 0 Å². The SMILES string of the molecule is COc1cc([C@@H]2C(C(=O)Nc3ccc(C)cc3C)=C(C)Nc3nc4ccccc4n32)cc(OC)c1OC. The van der Waals surface area contributed by atoms with Crippen molar-refractivity contribution in [1.82, 2.24) is 9.55 Å². The van der Waals surface area contributed by atoms with Gasteiger partial charge in [0, 0.05) is 11.4 Å². The number of aromatic nitrogens is 2. The molecule has 2 heterocycles. The van der Waals surface area contributed by atoms with Crippen LogP contribution in [0.1, 0.15) is 29.7 Å². The lowest BCUT2D eigenvalue weighted by atomic mass is 9.93. The summed E-state index contributed by atoms with van der Waals surface area (Å²) < 4.78 is 18.9. The van der Waals surface area contributed by atoms with E-state index in [0.717, 1.165) is 33.4 Å². The van der Waals surface area contributed by atoms with Gasteiger partial charge >= 0.3 is 0 Å². The maximum Gasteiger partial charge on any atom is 0.255 e. The first-order valence-corrected chi connectivity index (χ1v) is 12.0. The van der Waals surface area contributed by atoms with Crippen molar-refractivity contribution in [3.8, 4) is 17.2 Å². The number of nitrogens with zero attached hydrogens (tertiary/aromatic N) is 2. The number of para-hydroxylation sites is 2. The molecule has 1 atom stereocenters. The Morgan fingerprint density at radius 2 is 1.65 bits per heavy atom. The van der Waals surface area contributed by atoms with E-state index in [1.54, 1.807) is 21.3 Å². The molecule has 190 valence electrons. The molecular weight excluding hydrogens is 468 g/mol. The number of rotatable bonds is 6. The smallest absolute Gasteiger partial charge is 0.255 e. The number of allylic oxidation sites excluding steroid dienone is 1. The van der Waals surface area contributed by atoms with E-state index in [-0.39, 0.29) is 5.91 Å². The van der Waals surface area contributed by atoms with E-state index in [9.17, 15) is 4.79 Å². The molecule has 0 radical (unpaired) electrons. The summed E-state index contributed by atoms with van der Waals surface area (Å²) in [4.78, 5) is 18.8. The molecule has 0 unspecified atom stereocenters. The molecule has 1 aromatic heterocycles. The van der Waals surface area contributed by atoms with Gasteiger partial charge in [-0.2, -0.15) is 0 Å². The van der Waals surface area contributed by atoms with Gasteiger partial charge in [0.25, 0.3) is 5.91 Å². The summed E-state index contributed by atoms with van der Waals surface area (Å²) in [5, 5.41) is 6.48. The molecule has 0 aliphatic carbocycles. The van der Waals surface area contributed by atoms with Gasteiger partial charge in [0.05, 0.1) is 44.0 Å². The molecule has 5 rings (SSSR count). The predicted molar refractivity (Wildman–Crippen MR) is 145 cm³/mol. The highest BCUT2D eigenvalue weighted by Gasteiger charge is 2.35. The Bertz CT molecular complexity index is 1530. The number of amides is 1. The third-order valence-electron chi connectivity index (χ3n) is 6.71. The highest BCUT2D eigenvalue weighted by Crippen LogP contribution is 2.45. The van der Waals surface area contributed by atoms with Crippen LogP contribution in [0.4, 0.5) is 11.6 Å². The van der Waals surface area contributed by atoms with Crippen LogP contribution in [-0.2, 0) is 4.79 Å². The monoisotopic (exact) mass is 498 g/mol. The molecule has 1 amide bonds. The molecule has 0 spiro atoms. The fourth-order valence-corrected chi connectivity index (χ4v) is 4.98. The fraction of sp³-hybridized carbons (Fsp3) is 0.241. The van der Waals surface area contributed by atoms with Crippen LogP contribution in [-0.4, -0.2) is 36.8 Å². The van der Waals surface area contributed by atoms with Gasteiger partial charge in [-0.05, 0) is 62.2 Å². The maximum absolute atomic E-state index is 14.0. The zero-order chi connectivity index (χ0) is 26.3. The second-order valence-electron chi connectivity index (χ2n) is 9.09. The van der Waals surface area contributed by atoms with E-state index in [4.69, 9.17) is 19.2 Å². The molecule has 8 heteroatoms. The van der Waals surface area contributed by atoms with Crippen molar-refractivity contribution < 1.29 is 19.0 Å². The van der Waals surface area contributed by atoms with Crippen molar-refractivity contribution in [3.63, 3.8) is 0 Å². The quantitative estimate of drug-likeness (QED) is 0.360. The number of methoxy groups -OCH3 is 3. The van der Waals surface area contributed by atoms with Crippen LogP contribution in [0.3, 0.4) is 0 Å². The number of benzene rings is 3. The first-order chi connectivity index (χ1) is 17.9. The van der Waals surface area contributed by atoms with Crippen molar-refractivity contribution in [1.29, 1.82) is 0 Å². The van der Waals surface area contributed by atoms with Crippen LogP contribution in [0.25, 0.3) is 11.0 Å². The summed E-state index contributed by atoms with van der Waals surface area (Å²) in [7, 11) is 4.73. The van der Waals surface area contributed by atoms with E-state index in [1.165, 1.54) is 0 Å². The number of hydrogen-bond acceptors (Lipinski definition) is 6. The number of imidazole rings is 1. The maximum atomic E-state index is 14.0. The summed E-state index contributed by atoms with van der Waals surface area (Å²) in [6, 6.07) is 17.1. The zero-order valence-electron chi connectivity index (χ0n) is 21.8. The van der Waals surface area contributed by atoms with Gasteiger partial charge in [-0.1, -0.05) is 29.8 Å². The minimum Gasteiger partial charge on any atom is -0.493 e. The Labute approximate surface area is 215 Å². The van der Waals surface area contributed by atoms with Gasteiger partial charge in [0.1, 0.15) is 0 Å². The second-order valence-corrected chi connectivity index (χ2v) is 9.09. The Kier molecular flexibility index (Phi) is 6.25. The number of carbonyl (C=O) groups is 1. The van der Waals surface area contributed by atoms with E-state index in [2.05, 4.69) is 10.6 Å². The van der Waals surface area contributed by atoms with Gasteiger partial charge in [0.2, 0.25) is 11.7 Å². The van der Waals surface area contributed by atoms with E-state index in [0.29, 0.717) is 34.5 Å². The first kappa shape index (κ1) is 24.2. The van der Waals surface area contributed by atoms with Crippen molar-refractivity contribution in [2.24, 2.45) is 0 Å². The number of anilines is 2. The van der Waals surface area contributed by atoms with Crippen LogP contribution in [0.5, 0.6) is 17.2 Å². The third kappa shape index (κ3) is 4.14. The molecule has 0 saturated carbocycles. The van der Waals surface area contributed by atoms with Crippen molar-refractivity contribution in [2.75, 3.05) is 32.0 Å². The normalized spacial score (nSPS) is 14.7. The van der Waals surface area contributed by atoms with Gasteiger partial charge in [-0.15, -0.1) is 0 Å². The van der Waals surface area contributed by atoms with Crippen LogP contribution in [0, 0.1) is 13.8 Å². The number of aryl methyl sites for hydroxylation is 2. The lowest BCUT2D eigenvalue weighted by Gasteiger charge is -2.31. The molecule has 4 aromatic rings. The molecule has 2 N–H and O–H groups in total. The standard InChI is InChI=1S/C29H30N4O4/c1-16-11-12-20(17(2)13-16)31-28(34)25-18(3)30-29-32-21-9-7-8-10-22(21)33(29)26(25)19-14-23(35-4)27(37-6)24(15-19)36-5/h7-15,26H,1-6H3,(H,30,32)(H,31,34)/t26-/m1/s1. The number of nitrogens with one attached hydrogen (secondary N) is 2. The van der Waals surface area contributed by atoms with Gasteiger partial charge < -0.3 is 24.8 Å². The summed E-state index contributed by atoms with van der Waals surface area (Å²) in [6.07, 6.45) is 0. The minimum absolute atomic E-state index is 0.209. The van der Waals surface area contributed by atoms with E-state index in [1.807, 2.05) is 79.9 Å². The molecule has 0 bridgehead atoms. The molecule has 0 saturated heterocycles. The van der Waals surface area contributed by atoms with Gasteiger partial charge in [0.15, 0.2) is 11.5 Å². The molecule has 3 aromatic carbocycles. The van der Waals surface area contributed by atoms with Crippen molar-refractivity contribution in [3.05, 3.63) is 82.6 Å². The average Bonchev–Trinajstić information content (AvgIpc) is 3.26. The molecular formula is C29H30N4O4. The topological polar surface area (TPSA) is 86.6 Å². The summed E-state index contributed by atoms with van der Waals surface area (Å²) in [5.41, 5.74) is 6.68. The van der Waals surface area contributed by atoms with Crippen molar-refractivity contribution in [2.45, 2.75) is 26.8 Å². The number of fused-ring (bicyclic) bond motifs is 3. The highest BCUT2D eigenvalue weighted by molar-refractivity contribution is 6.06. The van der Waals surface area contributed by atoms with E-state index < -0.39 is 6.04 Å². The lowest BCUT2D eigenvalue weighted by Crippen LogP contribution is -2.31. The van der Waals surface area contributed by atoms with Crippen LogP contribution < -0.4 is 24.8 Å². The molecule has 1 aliphatic rings. The molecule has 0 fully saturated rings. The van der Waals surface area contributed by atoms with Gasteiger partial charge in [-0.3, -0.25) is 9.36 Å².